The Morgan fingerprint density at radius 1 is 1.14 bits per heavy atom. The first kappa shape index (κ1) is 15.4. The van der Waals surface area contributed by atoms with Crippen LogP contribution in [0.25, 0.3) is 0 Å². The number of aryl methyl sites for hydroxylation is 2. The van der Waals surface area contributed by atoms with E-state index in [4.69, 9.17) is 5.73 Å². The third-order valence-corrected chi connectivity index (χ3v) is 4.40. The normalized spacial score (nSPS) is 10.4. The Hall–Kier alpha value is -1.94. The van der Waals surface area contributed by atoms with Gasteiger partial charge >= 0.3 is 0 Å². The van der Waals surface area contributed by atoms with Gasteiger partial charge in [0.2, 0.25) is 0 Å². The minimum atomic E-state index is -0.0908. The van der Waals surface area contributed by atoms with Crippen molar-refractivity contribution in [1.82, 2.24) is 5.32 Å². The first-order valence-electron chi connectivity index (χ1n) is 6.94. The molecular weight excluding hydrogens is 280 g/mol. The van der Waals surface area contributed by atoms with E-state index in [0.717, 1.165) is 9.79 Å². The Bertz CT molecular complexity index is 668. The molecule has 0 aromatic heterocycles. The van der Waals surface area contributed by atoms with Gasteiger partial charge in [-0.1, -0.05) is 17.8 Å². The second-order valence-corrected chi connectivity index (χ2v) is 6.08. The largest absolute Gasteiger partial charge is 0.398 e. The van der Waals surface area contributed by atoms with Crippen LogP contribution in [0.5, 0.6) is 0 Å². The van der Waals surface area contributed by atoms with Crippen LogP contribution in [0, 0.1) is 13.8 Å². The van der Waals surface area contributed by atoms with E-state index in [1.54, 1.807) is 17.8 Å². The summed E-state index contributed by atoms with van der Waals surface area (Å²) in [6.45, 7) is 6.70. The summed E-state index contributed by atoms with van der Waals surface area (Å²) in [6, 6.07) is 11.8. The summed E-state index contributed by atoms with van der Waals surface area (Å²) in [5.74, 6) is -0.0908. The number of nitrogen functional groups attached to an aromatic ring is 1. The van der Waals surface area contributed by atoms with Crippen molar-refractivity contribution in [1.29, 1.82) is 0 Å². The standard InChI is InChI=1S/C17H20N2OS/c1-4-19-17(20)13-6-8-16(15(18)10-13)21-14-7-5-11(2)12(3)9-14/h5-10H,4,18H2,1-3H3,(H,19,20). The molecule has 0 bridgehead atoms. The molecule has 3 nitrogen and oxygen atoms in total. The number of nitrogens with two attached hydrogens (primary N) is 1. The second kappa shape index (κ2) is 6.68. The molecule has 0 radical (unpaired) electrons. The summed E-state index contributed by atoms with van der Waals surface area (Å²) in [5.41, 5.74) is 9.83. The Labute approximate surface area is 129 Å². The van der Waals surface area contributed by atoms with Gasteiger partial charge in [0.1, 0.15) is 0 Å². The van der Waals surface area contributed by atoms with Crippen LogP contribution in [0.4, 0.5) is 5.69 Å². The first-order valence-corrected chi connectivity index (χ1v) is 7.75. The van der Waals surface area contributed by atoms with E-state index in [2.05, 4.69) is 37.4 Å². The smallest absolute Gasteiger partial charge is 0.251 e. The number of hydrogen-bond donors (Lipinski definition) is 2. The van der Waals surface area contributed by atoms with Crippen molar-refractivity contribution in [3.05, 3.63) is 53.1 Å². The average Bonchev–Trinajstić information content (AvgIpc) is 2.45. The molecular formula is C17H20N2OS. The molecule has 0 heterocycles. The maximum Gasteiger partial charge on any atom is 0.251 e. The van der Waals surface area contributed by atoms with Gasteiger partial charge in [-0.2, -0.15) is 0 Å². The monoisotopic (exact) mass is 300 g/mol. The maximum atomic E-state index is 11.8. The number of rotatable bonds is 4. The summed E-state index contributed by atoms with van der Waals surface area (Å²) in [5, 5.41) is 2.77. The molecule has 1 amide bonds. The van der Waals surface area contributed by atoms with Crippen LogP contribution in [-0.2, 0) is 0 Å². The van der Waals surface area contributed by atoms with Crippen molar-refractivity contribution in [3.63, 3.8) is 0 Å². The Morgan fingerprint density at radius 3 is 2.52 bits per heavy atom. The van der Waals surface area contributed by atoms with Crippen molar-refractivity contribution in [2.45, 2.75) is 30.6 Å². The number of nitrogens with one attached hydrogen (secondary N) is 1. The van der Waals surface area contributed by atoms with Crippen molar-refractivity contribution < 1.29 is 4.79 Å². The number of benzene rings is 2. The van der Waals surface area contributed by atoms with Gasteiger partial charge in [-0.05, 0) is 62.2 Å². The quantitative estimate of drug-likeness (QED) is 0.845. The average molecular weight is 300 g/mol. The Morgan fingerprint density at radius 2 is 1.90 bits per heavy atom. The van der Waals surface area contributed by atoms with Crippen LogP contribution >= 0.6 is 11.8 Å². The van der Waals surface area contributed by atoms with Gasteiger partial charge in [-0.3, -0.25) is 4.79 Å². The number of anilines is 1. The van der Waals surface area contributed by atoms with E-state index in [1.165, 1.54) is 11.1 Å². The summed E-state index contributed by atoms with van der Waals surface area (Å²) in [7, 11) is 0. The molecule has 0 unspecified atom stereocenters. The van der Waals surface area contributed by atoms with Gasteiger partial charge in [-0.25, -0.2) is 0 Å². The topological polar surface area (TPSA) is 55.1 Å². The van der Waals surface area contributed by atoms with Crippen LogP contribution in [0.3, 0.4) is 0 Å². The van der Waals surface area contributed by atoms with Gasteiger partial charge in [0.05, 0.1) is 0 Å². The zero-order chi connectivity index (χ0) is 15.4. The molecule has 0 aliphatic rings. The number of carbonyl (C=O) groups excluding carboxylic acids is 1. The first-order chi connectivity index (χ1) is 10.0. The van der Waals surface area contributed by atoms with Crippen LogP contribution < -0.4 is 11.1 Å². The molecule has 0 spiro atoms. The molecule has 21 heavy (non-hydrogen) atoms. The molecule has 2 rings (SSSR count). The molecule has 0 aliphatic carbocycles. The lowest BCUT2D eigenvalue weighted by Gasteiger charge is -2.09. The zero-order valence-electron chi connectivity index (χ0n) is 12.6. The predicted molar refractivity (Wildman–Crippen MR) is 88.9 cm³/mol. The van der Waals surface area contributed by atoms with Gasteiger partial charge in [0.25, 0.3) is 5.91 Å². The molecule has 0 saturated carbocycles. The zero-order valence-corrected chi connectivity index (χ0v) is 13.4. The van der Waals surface area contributed by atoms with Crippen molar-refractivity contribution in [2.75, 3.05) is 12.3 Å². The van der Waals surface area contributed by atoms with Crippen LogP contribution in [0.2, 0.25) is 0 Å². The van der Waals surface area contributed by atoms with E-state index >= 15 is 0 Å². The lowest BCUT2D eigenvalue weighted by molar-refractivity contribution is 0.0956. The highest BCUT2D eigenvalue weighted by atomic mass is 32.2. The fraction of sp³-hybridized carbons (Fsp3) is 0.235. The number of amides is 1. The molecule has 0 saturated heterocycles. The lowest BCUT2D eigenvalue weighted by atomic mass is 10.1. The Kier molecular flexibility index (Phi) is 4.91. The molecule has 2 aromatic carbocycles. The summed E-state index contributed by atoms with van der Waals surface area (Å²) < 4.78 is 0. The van der Waals surface area contributed by atoms with E-state index in [-0.39, 0.29) is 5.91 Å². The second-order valence-electron chi connectivity index (χ2n) is 4.96. The molecule has 2 aromatic rings. The third kappa shape index (κ3) is 3.79. The van der Waals surface area contributed by atoms with E-state index in [1.807, 2.05) is 19.1 Å². The van der Waals surface area contributed by atoms with Crippen LogP contribution in [0.1, 0.15) is 28.4 Å². The predicted octanol–water partition coefficient (Wildman–Crippen LogP) is 3.79. The Balaban J connectivity index is 2.21. The van der Waals surface area contributed by atoms with Gasteiger partial charge in [0.15, 0.2) is 0 Å². The highest BCUT2D eigenvalue weighted by Crippen LogP contribution is 2.33. The van der Waals surface area contributed by atoms with E-state index < -0.39 is 0 Å². The van der Waals surface area contributed by atoms with E-state index in [0.29, 0.717) is 17.8 Å². The molecule has 3 N–H and O–H groups in total. The summed E-state index contributed by atoms with van der Waals surface area (Å²) in [4.78, 5) is 13.9. The highest BCUT2D eigenvalue weighted by Gasteiger charge is 2.08. The van der Waals surface area contributed by atoms with Crippen LogP contribution in [-0.4, -0.2) is 12.5 Å². The minimum Gasteiger partial charge on any atom is -0.398 e. The van der Waals surface area contributed by atoms with E-state index in [9.17, 15) is 4.79 Å². The maximum absolute atomic E-state index is 11.8. The third-order valence-electron chi connectivity index (χ3n) is 3.32. The molecule has 110 valence electrons. The summed E-state index contributed by atoms with van der Waals surface area (Å²) >= 11 is 1.61. The molecule has 0 atom stereocenters. The van der Waals surface area contributed by atoms with Gasteiger partial charge < -0.3 is 11.1 Å². The fourth-order valence-corrected chi connectivity index (χ4v) is 2.89. The lowest BCUT2D eigenvalue weighted by Crippen LogP contribution is -2.22. The SMILES string of the molecule is CCNC(=O)c1ccc(Sc2ccc(C)c(C)c2)c(N)c1. The molecule has 4 heteroatoms. The van der Waals surface area contributed by atoms with Crippen molar-refractivity contribution >= 4 is 23.4 Å². The molecule has 0 aliphatic heterocycles. The fourth-order valence-electron chi connectivity index (χ4n) is 1.95. The van der Waals surface area contributed by atoms with Gasteiger partial charge in [-0.15, -0.1) is 0 Å². The van der Waals surface area contributed by atoms with Gasteiger partial charge in [0, 0.05) is 27.6 Å². The number of hydrogen-bond acceptors (Lipinski definition) is 3. The minimum absolute atomic E-state index is 0.0908. The number of carbonyl (C=O) groups is 1. The summed E-state index contributed by atoms with van der Waals surface area (Å²) in [6.07, 6.45) is 0. The molecule has 0 fully saturated rings. The van der Waals surface area contributed by atoms with Crippen molar-refractivity contribution in [3.8, 4) is 0 Å². The highest BCUT2D eigenvalue weighted by molar-refractivity contribution is 7.99. The van der Waals surface area contributed by atoms with Crippen LogP contribution in [0.15, 0.2) is 46.2 Å². The van der Waals surface area contributed by atoms with Crippen molar-refractivity contribution in [2.24, 2.45) is 0 Å².